The number of rotatable bonds is 23. The Hall–Kier alpha value is -5.87. The van der Waals surface area contributed by atoms with Crippen molar-refractivity contribution in [2.45, 2.75) is 141 Å². The van der Waals surface area contributed by atoms with Gasteiger partial charge in [-0.05, 0) is 147 Å². The van der Waals surface area contributed by atoms with Crippen LogP contribution in [0.3, 0.4) is 0 Å². The molecule has 17 heteroatoms. The van der Waals surface area contributed by atoms with Crippen LogP contribution in [0.2, 0.25) is 0 Å². The molecule has 0 aliphatic heterocycles. The number of benzene rings is 1. The number of esters is 8. The molecule has 0 unspecified atom stereocenters. The Kier molecular flexibility index (Phi) is 21.7. The molecule has 0 saturated heterocycles. The highest BCUT2D eigenvalue weighted by molar-refractivity contribution is 5.85. The SMILES string of the molecule is C=CC(=O)OCCCCOC(=O)C1CCC(C(=O)OC2CCC(C(=O)Oc3ccc(OC(=O)C4CCC(OC(=O)C5CCC(C(=O)OCCCCOC(=O)C=C)CC5)CC4)c(C=O)c3)CC2)CC1. The molecule has 5 rings (SSSR count). The second-order valence-corrected chi connectivity index (χ2v) is 18.1. The van der Waals surface area contributed by atoms with Gasteiger partial charge in [0.15, 0.2) is 6.29 Å². The van der Waals surface area contributed by atoms with Gasteiger partial charge in [0, 0.05) is 12.2 Å². The van der Waals surface area contributed by atoms with Crippen LogP contribution in [0.5, 0.6) is 11.5 Å². The quantitative estimate of drug-likeness (QED) is 0.0263. The van der Waals surface area contributed by atoms with Crippen LogP contribution in [0.4, 0.5) is 0 Å². The smallest absolute Gasteiger partial charge is 0.330 e. The van der Waals surface area contributed by atoms with E-state index in [1.54, 1.807) is 0 Å². The molecule has 0 aromatic heterocycles. The molecule has 0 amide bonds. The molecule has 4 aliphatic carbocycles. The van der Waals surface area contributed by atoms with Crippen LogP contribution in [-0.4, -0.2) is 92.7 Å². The van der Waals surface area contributed by atoms with Gasteiger partial charge in [0.2, 0.25) is 0 Å². The van der Waals surface area contributed by atoms with E-state index in [1.807, 2.05) is 0 Å². The monoisotopic (exact) mass is 950 g/mol. The first-order valence-corrected chi connectivity index (χ1v) is 24.2. The fourth-order valence-corrected chi connectivity index (χ4v) is 9.10. The number of aldehydes is 1. The van der Waals surface area contributed by atoms with Crippen LogP contribution in [0.25, 0.3) is 0 Å². The molecule has 1 aromatic rings. The van der Waals surface area contributed by atoms with Crippen LogP contribution >= 0.6 is 0 Å². The summed E-state index contributed by atoms with van der Waals surface area (Å²) >= 11 is 0. The van der Waals surface area contributed by atoms with Crippen molar-refractivity contribution in [1.29, 1.82) is 0 Å². The maximum Gasteiger partial charge on any atom is 0.330 e. The second kappa shape index (κ2) is 27.8. The van der Waals surface area contributed by atoms with Crippen molar-refractivity contribution in [1.82, 2.24) is 0 Å². The Bertz CT molecular complexity index is 1920. The molecule has 0 heterocycles. The number of hydrogen-bond acceptors (Lipinski definition) is 17. The predicted octanol–water partition coefficient (Wildman–Crippen LogP) is 7.23. The fourth-order valence-electron chi connectivity index (χ4n) is 9.10. The lowest BCUT2D eigenvalue weighted by Gasteiger charge is -2.30. The summed E-state index contributed by atoms with van der Waals surface area (Å²) < 4.78 is 43.5. The molecule has 1 aromatic carbocycles. The largest absolute Gasteiger partial charge is 0.465 e. The minimum atomic E-state index is -0.510. The summed E-state index contributed by atoms with van der Waals surface area (Å²) in [5, 5.41) is 0. The Morgan fingerprint density at radius 1 is 0.441 bits per heavy atom. The molecule has 372 valence electrons. The zero-order chi connectivity index (χ0) is 48.8. The molecule has 0 spiro atoms. The Balaban J connectivity index is 0.933. The van der Waals surface area contributed by atoms with Gasteiger partial charge in [0.05, 0.1) is 67.5 Å². The van der Waals surface area contributed by atoms with E-state index in [4.69, 9.17) is 37.9 Å². The number of ether oxygens (including phenoxy) is 8. The molecular weight excluding hydrogens is 885 g/mol. The van der Waals surface area contributed by atoms with Gasteiger partial charge < -0.3 is 37.9 Å². The summed E-state index contributed by atoms with van der Waals surface area (Å²) in [4.78, 5) is 111. The van der Waals surface area contributed by atoms with Crippen LogP contribution in [0.1, 0.15) is 139 Å². The Morgan fingerprint density at radius 3 is 1.16 bits per heavy atom. The van der Waals surface area contributed by atoms with E-state index in [0.29, 0.717) is 135 Å². The van der Waals surface area contributed by atoms with Gasteiger partial charge in [0.25, 0.3) is 0 Å². The third-order valence-corrected chi connectivity index (χ3v) is 13.3. The summed E-state index contributed by atoms with van der Waals surface area (Å²) in [5.41, 5.74) is 0.0419. The Labute approximate surface area is 397 Å². The van der Waals surface area contributed by atoms with Crippen molar-refractivity contribution in [3.63, 3.8) is 0 Å². The van der Waals surface area contributed by atoms with Crippen LogP contribution in [0, 0.1) is 35.5 Å². The fraction of sp³-hybridized carbons (Fsp3) is 0.627. The molecule has 4 fully saturated rings. The van der Waals surface area contributed by atoms with Gasteiger partial charge in [-0.3, -0.25) is 33.6 Å². The highest BCUT2D eigenvalue weighted by atomic mass is 16.6. The number of carbonyl (C=O) groups is 9. The van der Waals surface area contributed by atoms with Crippen LogP contribution in [0.15, 0.2) is 43.5 Å². The van der Waals surface area contributed by atoms with Gasteiger partial charge >= 0.3 is 47.8 Å². The van der Waals surface area contributed by atoms with Gasteiger partial charge in [-0.2, -0.15) is 0 Å². The molecule has 0 atom stereocenters. The first-order chi connectivity index (χ1) is 32.9. The first kappa shape index (κ1) is 53.1. The van der Waals surface area contributed by atoms with E-state index in [9.17, 15) is 43.2 Å². The zero-order valence-electron chi connectivity index (χ0n) is 38.9. The molecule has 4 saturated carbocycles. The predicted molar refractivity (Wildman–Crippen MR) is 240 cm³/mol. The molecular formula is C51H66O17. The summed E-state index contributed by atoms with van der Waals surface area (Å²) in [5.74, 6) is -5.02. The average molecular weight is 951 g/mol. The van der Waals surface area contributed by atoms with Crippen molar-refractivity contribution >= 4 is 54.0 Å². The summed E-state index contributed by atoms with van der Waals surface area (Å²) in [6.45, 7) is 7.60. The van der Waals surface area contributed by atoms with Gasteiger partial charge in [-0.15, -0.1) is 0 Å². The molecule has 0 bridgehead atoms. The molecule has 4 aliphatic rings. The number of hydrogen-bond donors (Lipinski definition) is 0. The highest BCUT2D eigenvalue weighted by Crippen LogP contribution is 2.36. The lowest BCUT2D eigenvalue weighted by atomic mass is 9.82. The van der Waals surface area contributed by atoms with Crippen molar-refractivity contribution in [2.75, 3.05) is 26.4 Å². The molecule has 0 N–H and O–H groups in total. The van der Waals surface area contributed by atoms with Crippen molar-refractivity contribution < 1.29 is 81.0 Å². The van der Waals surface area contributed by atoms with Crippen LogP contribution in [-0.2, 0) is 66.8 Å². The molecule has 17 nitrogen and oxygen atoms in total. The van der Waals surface area contributed by atoms with Crippen molar-refractivity contribution in [2.24, 2.45) is 35.5 Å². The van der Waals surface area contributed by atoms with Gasteiger partial charge in [-0.25, -0.2) is 9.59 Å². The van der Waals surface area contributed by atoms with E-state index in [1.165, 1.54) is 18.2 Å². The van der Waals surface area contributed by atoms with E-state index >= 15 is 0 Å². The van der Waals surface area contributed by atoms with Crippen molar-refractivity contribution in [3.05, 3.63) is 49.1 Å². The summed E-state index contributed by atoms with van der Waals surface area (Å²) in [7, 11) is 0. The van der Waals surface area contributed by atoms with Crippen LogP contribution < -0.4 is 9.47 Å². The minimum Gasteiger partial charge on any atom is -0.465 e. The second-order valence-electron chi connectivity index (χ2n) is 18.1. The van der Waals surface area contributed by atoms with Gasteiger partial charge in [0.1, 0.15) is 23.7 Å². The average Bonchev–Trinajstić information content (AvgIpc) is 3.36. The lowest BCUT2D eigenvalue weighted by molar-refractivity contribution is -0.161. The number of carbonyl (C=O) groups excluding carboxylic acids is 9. The van der Waals surface area contributed by atoms with E-state index in [0.717, 1.165) is 12.2 Å². The van der Waals surface area contributed by atoms with Crippen molar-refractivity contribution in [3.8, 4) is 11.5 Å². The topological polar surface area (TPSA) is 227 Å². The number of unbranched alkanes of at least 4 members (excludes halogenated alkanes) is 2. The standard InChI is InChI=1S/C51H66O17/c1-3-44(53)61-27-5-7-29-63-46(55)33-9-13-35(14-10-33)48(57)65-40-21-17-37(18-22-40)50(59)67-42-25-26-43(39(31-42)32-52)68-51(60)38-19-23-41(24-20-38)66-49(58)36-15-11-34(12-16-36)47(56)64-30-8-6-28-62-45(54)4-2/h3-4,25-26,31-38,40-41H,1-2,5-24,27-30H2. The molecule has 68 heavy (non-hydrogen) atoms. The maximum absolute atomic E-state index is 13.2. The maximum atomic E-state index is 13.2. The highest BCUT2D eigenvalue weighted by Gasteiger charge is 2.37. The van der Waals surface area contributed by atoms with E-state index in [2.05, 4.69) is 13.2 Å². The Morgan fingerprint density at radius 2 is 0.779 bits per heavy atom. The normalized spacial score (nSPS) is 24.6. The van der Waals surface area contributed by atoms with Gasteiger partial charge in [-0.1, -0.05) is 13.2 Å². The minimum absolute atomic E-state index is 0.0394. The molecule has 0 radical (unpaired) electrons. The van der Waals surface area contributed by atoms with E-state index < -0.39 is 35.7 Å². The first-order valence-electron chi connectivity index (χ1n) is 24.2. The summed E-state index contributed by atoms with van der Waals surface area (Å²) in [6, 6.07) is 4.23. The third-order valence-electron chi connectivity index (χ3n) is 13.3. The van der Waals surface area contributed by atoms with E-state index in [-0.39, 0.29) is 103 Å². The third kappa shape index (κ3) is 17.0. The summed E-state index contributed by atoms with van der Waals surface area (Å²) in [6.07, 6.45) is 12.2. The zero-order valence-corrected chi connectivity index (χ0v) is 38.9. The lowest BCUT2D eigenvalue weighted by Crippen LogP contribution is -2.33.